The summed E-state index contributed by atoms with van der Waals surface area (Å²) in [5.74, 6) is 0.526. The predicted molar refractivity (Wildman–Crippen MR) is 89.3 cm³/mol. The molecule has 0 N–H and O–H groups in total. The molecule has 0 aliphatic heterocycles. The maximum atomic E-state index is 12.7. The van der Waals surface area contributed by atoms with Crippen LogP contribution in [-0.4, -0.2) is 11.9 Å². The van der Waals surface area contributed by atoms with Gasteiger partial charge in [-0.15, -0.1) is 0 Å². The predicted octanol–water partition coefficient (Wildman–Crippen LogP) is 4.98. The van der Waals surface area contributed by atoms with Crippen LogP contribution in [-0.2, 0) is 4.57 Å². The Morgan fingerprint density at radius 1 is 1.05 bits per heavy atom. The molecule has 0 amide bonds. The Morgan fingerprint density at radius 3 is 2.09 bits per heavy atom. The van der Waals surface area contributed by atoms with Crippen molar-refractivity contribution in [1.29, 1.82) is 0 Å². The Kier molecular flexibility index (Phi) is 5.10. The molecular formula is C18H20O3P+. The second-order valence-corrected chi connectivity index (χ2v) is 6.85. The van der Waals surface area contributed by atoms with Gasteiger partial charge in [0.05, 0.1) is 0 Å². The molecule has 1 atom stereocenters. The van der Waals surface area contributed by atoms with Gasteiger partial charge in [-0.3, -0.25) is 9.32 Å². The molecule has 0 spiro atoms. The molecule has 0 heterocycles. The summed E-state index contributed by atoms with van der Waals surface area (Å²) in [5, 5.41) is 0. The maximum absolute atomic E-state index is 12.7. The van der Waals surface area contributed by atoms with Crippen LogP contribution < -0.4 is 4.52 Å². The van der Waals surface area contributed by atoms with Crippen LogP contribution >= 0.6 is 8.03 Å². The highest BCUT2D eigenvalue weighted by molar-refractivity contribution is 7.39. The molecule has 0 saturated carbocycles. The Hall–Kier alpha value is -1.99. The number of carbonyl (C=O) groups excluding carboxylic acids is 1. The molecule has 1 unspecified atom stereocenters. The van der Waals surface area contributed by atoms with E-state index in [0.29, 0.717) is 17.5 Å². The number of benzene rings is 2. The molecule has 0 fully saturated rings. The van der Waals surface area contributed by atoms with Gasteiger partial charge in [-0.2, -0.15) is 0 Å². The lowest BCUT2D eigenvalue weighted by Crippen LogP contribution is -2.06. The van der Waals surface area contributed by atoms with E-state index in [9.17, 15) is 9.36 Å². The largest absolute Gasteiger partial charge is 0.555 e. The van der Waals surface area contributed by atoms with Crippen molar-refractivity contribution in [2.75, 3.05) is 6.16 Å². The van der Waals surface area contributed by atoms with Crippen molar-refractivity contribution in [2.45, 2.75) is 27.7 Å². The molecule has 2 aromatic carbocycles. The van der Waals surface area contributed by atoms with Crippen molar-refractivity contribution in [2.24, 2.45) is 0 Å². The van der Waals surface area contributed by atoms with Crippen LogP contribution in [0.1, 0.15) is 39.5 Å². The molecule has 0 aliphatic carbocycles. The molecule has 2 aromatic rings. The van der Waals surface area contributed by atoms with Crippen LogP contribution in [0.3, 0.4) is 0 Å². The van der Waals surface area contributed by atoms with E-state index >= 15 is 0 Å². The van der Waals surface area contributed by atoms with E-state index in [2.05, 4.69) is 0 Å². The molecule has 0 bridgehead atoms. The van der Waals surface area contributed by atoms with E-state index in [1.165, 1.54) is 0 Å². The van der Waals surface area contributed by atoms with Crippen LogP contribution in [0.2, 0.25) is 0 Å². The number of hydrogen-bond donors (Lipinski definition) is 0. The molecule has 4 heteroatoms. The first-order valence-corrected chi connectivity index (χ1v) is 8.64. The van der Waals surface area contributed by atoms with Crippen molar-refractivity contribution in [3.05, 3.63) is 64.2 Å². The van der Waals surface area contributed by atoms with Crippen molar-refractivity contribution >= 4 is 13.8 Å². The number of hydrogen-bond acceptors (Lipinski definition) is 3. The van der Waals surface area contributed by atoms with E-state index in [-0.39, 0.29) is 5.78 Å². The van der Waals surface area contributed by atoms with Gasteiger partial charge in [-0.05, 0) is 67.7 Å². The molecule has 22 heavy (non-hydrogen) atoms. The summed E-state index contributed by atoms with van der Waals surface area (Å²) in [5.41, 5.74) is 4.47. The molecule has 114 valence electrons. The quantitative estimate of drug-likeness (QED) is 0.577. The Bertz CT molecular complexity index is 695. The van der Waals surface area contributed by atoms with E-state index in [4.69, 9.17) is 4.52 Å². The molecule has 2 rings (SSSR count). The van der Waals surface area contributed by atoms with Gasteiger partial charge in [-0.25, -0.2) is 0 Å². The number of aryl methyl sites for hydroxylation is 3. The lowest BCUT2D eigenvalue weighted by Gasteiger charge is -2.10. The SMILES string of the molecule is CC[P+](=O)Oc1ccc(C(=O)c2c(C)cc(C)cc2C)cc1. The second-order valence-electron chi connectivity index (χ2n) is 5.37. The van der Waals surface area contributed by atoms with E-state index in [1.54, 1.807) is 31.2 Å². The van der Waals surface area contributed by atoms with Crippen LogP contribution in [0.25, 0.3) is 0 Å². The first-order chi connectivity index (χ1) is 10.4. The minimum Gasteiger partial charge on any atom is -0.289 e. The fourth-order valence-electron chi connectivity index (χ4n) is 2.53. The first-order valence-electron chi connectivity index (χ1n) is 7.27. The standard InChI is InChI=1S/C18H20O3P/c1-5-22(20)21-16-8-6-15(7-9-16)18(19)17-13(3)10-12(2)11-14(17)4/h6-11H,5H2,1-4H3/q+1. The third kappa shape index (κ3) is 3.61. The summed E-state index contributed by atoms with van der Waals surface area (Å²) < 4.78 is 16.7. The molecule has 0 aromatic heterocycles. The van der Waals surface area contributed by atoms with Crippen molar-refractivity contribution < 1.29 is 13.9 Å². The zero-order chi connectivity index (χ0) is 16.3. The van der Waals surface area contributed by atoms with Crippen molar-refractivity contribution in [3.8, 4) is 5.75 Å². The minimum atomic E-state index is -1.67. The summed E-state index contributed by atoms with van der Waals surface area (Å²) in [6.45, 7) is 7.74. The van der Waals surface area contributed by atoms with E-state index in [1.807, 2.05) is 32.9 Å². The lowest BCUT2D eigenvalue weighted by molar-refractivity contribution is 0.103. The molecule has 0 radical (unpaired) electrons. The molecular weight excluding hydrogens is 295 g/mol. The second kappa shape index (κ2) is 6.85. The maximum Gasteiger partial charge on any atom is 0.555 e. The van der Waals surface area contributed by atoms with Gasteiger partial charge in [0.25, 0.3) is 0 Å². The normalized spacial score (nSPS) is 11.2. The highest BCUT2D eigenvalue weighted by Crippen LogP contribution is 2.27. The topological polar surface area (TPSA) is 43.4 Å². The van der Waals surface area contributed by atoms with E-state index < -0.39 is 8.03 Å². The van der Waals surface area contributed by atoms with Crippen LogP contribution in [0.15, 0.2) is 36.4 Å². The Labute approximate surface area is 132 Å². The summed E-state index contributed by atoms with van der Waals surface area (Å²) in [6, 6.07) is 10.8. The summed E-state index contributed by atoms with van der Waals surface area (Å²) in [7, 11) is -1.67. The van der Waals surface area contributed by atoms with Gasteiger partial charge in [0.15, 0.2) is 17.7 Å². The zero-order valence-corrected chi connectivity index (χ0v) is 14.2. The first kappa shape index (κ1) is 16.4. The van der Waals surface area contributed by atoms with Crippen LogP contribution in [0.5, 0.6) is 5.75 Å². The third-order valence-electron chi connectivity index (χ3n) is 3.49. The summed E-state index contributed by atoms with van der Waals surface area (Å²) >= 11 is 0. The Morgan fingerprint density at radius 2 is 1.59 bits per heavy atom. The summed E-state index contributed by atoms with van der Waals surface area (Å²) in [4.78, 5) is 12.7. The molecule has 3 nitrogen and oxygen atoms in total. The lowest BCUT2D eigenvalue weighted by atomic mass is 9.93. The van der Waals surface area contributed by atoms with Crippen LogP contribution in [0, 0.1) is 20.8 Å². The van der Waals surface area contributed by atoms with Crippen LogP contribution in [0.4, 0.5) is 0 Å². The zero-order valence-electron chi connectivity index (χ0n) is 13.3. The highest BCUT2D eigenvalue weighted by atomic mass is 31.1. The van der Waals surface area contributed by atoms with Gasteiger partial charge in [0.2, 0.25) is 0 Å². The highest BCUT2D eigenvalue weighted by Gasteiger charge is 2.17. The fraction of sp³-hybridized carbons (Fsp3) is 0.278. The van der Waals surface area contributed by atoms with E-state index in [0.717, 1.165) is 22.3 Å². The number of rotatable bonds is 5. The molecule has 0 saturated heterocycles. The fourth-order valence-corrected chi connectivity index (χ4v) is 3.02. The summed E-state index contributed by atoms with van der Waals surface area (Å²) in [6.07, 6.45) is 0.470. The van der Waals surface area contributed by atoms with Gasteiger partial charge < -0.3 is 0 Å². The average Bonchev–Trinajstić information content (AvgIpc) is 2.46. The van der Waals surface area contributed by atoms with Gasteiger partial charge in [0, 0.05) is 11.1 Å². The smallest absolute Gasteiger partial charge is 0.289 e. The number of carbonyl (C=O) groups is 1. The van der Waals surface area contributed by atoms with Gasteiger partial charge in [-0.1, -0.05) is 17.7 Å². The third-order valence-corrected chi connectivity index (χ3v) is 4.42. The van der Waals surface area contributed by atoms with Gasteiger partial charge in [0.1, 0.15) is 0 Å². The Balaban J connectivity index is 2.29. The minimum absolute atomic E-state index is 0.00132. The molecule has 0 aliphatic rings. The van der Waals surface area contributed by atoms with Crippen molar-refractivity contribution in [3.63, 3.8) is 0 Å². The van der Waals surface area contributed by atoms with Gasteiger partial charge >= 0.3 is 8.03 Å². The van der Waals surface area contributed by atoms with Crippen molar-refractivity contribution in [1.82, 2.24) is 0 Å². The number of ketones is 1. The average molecular weight is 315 g/mol. The monoisotopic (exact) mass is 315 g/mol.